The van der Waals surface area contributed by atoms with Crippen molar-refractivity contribution in [2.45, 2.75) is 37.7 Å². The third kappa shape index (κ3) is 3.00. The maximum atomic E-state index is 6.49. The van der Waals surface area contributed by atoms with Gasteiger partial charge >= 0.3 is 0 Å². The van der Waals surface area contributed by atoms with Crippen LogP contribution in [-0.2, 0) is 28.0 Å². The number of rotatable bonds is 3. The van der Waals surface area contributed by atoms with Crippen molar-refractivity contribution in [3.63, 3.8) is 0 Å². The predicted octanol–water partition coefficient (Wildman–Crippen LogP) is 3.72. The highest BCUT2D eigenvalue weighted by Gasteiger charge is 2.44. The van der Waals surface area contributed by atoms with Gasteiger partial charge < -0.3 is 9.47 Å². The standard InChI is InChI=1S/C21H25NO2/c1-23-20-14-18-10-5-6-11-19(18)21(24-20)12-7-13-22(16-21)15-17-8-3-2-4-9-17/h2-6,8-11,20H,7,12-16H2,1H3/t20-,21+/m0/s1. The summed E-state index contributed by atoms with van der Waals surface area (Å²) in [5.74, 6) is 0. The molecule has 0 unspecified atom stereocenters. The lowest BCUT2D eigenvalue weighted by Gasteiger charge is -2.47. The van der Waals surface area contributed by atoms with Gasteiger partial charge in [-0.25, -0.2) is 0 Å². The zero-order chi connectivity index (χ0) is 16.4. The molecule has 2 atom stereocenters. The number of fused-ring (bicyclic) bond motifs is 2. The second kappa shape index (κ2) is 6.67. The van der Waals surface area contributed by atoms with E-state index >= 15 is 0 Å². The SMILES string of the molecule is CO[C@@H]1Cc2ccccc2[C@]2(CCCN(Cc3ccccc3)C2)O1. The summed E-state index contributed by atoms with van der Waals surface area (Å²) in [6.45, 7) is 3.03. The molecule has 0 N–H and O–H groups in total. The van der Waals surface area contributed by atoms with E-state index < -0.39 is 0 Å². The Hall–Kier alpha value is -1.68. The fraction of sp³-hybridized carbons (Fsp3) is 0.429. The Morgan fingerprint density at radius 1 is 1.12 bits per heavy atom. The summed E-state index contributed by atoms with van der Waals surface area (Å²) in [5.41, 5.74) is 3.86. The molecule has 3 heteroatoms. The van der Waals surface area contributed by atoms with Gasteiger partial charge in [-0.2, -0.15) is 0 Å². The van der Waals surface area contributed by atoms with E-state index in [0.717, 1.165) is 38.9 Å². The Balaban J connectivity index is 1.61. The third-order valence-corrected chi connectivity index (χ3v) is 5.30. The molecule has 2 aliphatic rings. The number of piperidine rings is 1. The second-order valence-electron chi connectivity index (χ2n) is 6.94. The average Bonchev–Trinajstić information content (AvgIpc) is 2.63. The van der Waals surface area contributed by atoms with Crippen molar-refractivity contribution in [3.8, 4) is 0 Å². The van der Waals surface area contributed by atoms with E-state index in [2.05, 4.69) is 59.5 Å². The van der Waals surface area contributed by atoms with E-state index in [0.29, 0.717) is 0 Å². The van der Waals surface area contributed by atoms with Crippen LogP contribution < -0.4 is 0 Å². The Labute approximate surface area is 144 Å². The number of hydrogen-bond donors (Lipinski definition) is 0. The van der Waals surface area contributed by atoms with Gasteiger partial charge in [0.15, 0.2) is 6.29 Å². The van der Waals surface area contributed by atoms with Gasteiger partial charge in [-0.05, 0) is 36.1 Å². The van der Waals surface area contributed by atoms with Gasteiger partial charge in [0.2, 0.25) is 0 Å². The van der Waals surface area contributed by atoms with Crippen molar-refractivity contribution in [2.24, 2.45) is 0 Å². The molecule has 2 heterocycles. The zero-order valence-electron chi connectivity index (χ0n) is 14.3. The number of likely N-dealkylation sites (tertiary alicyclic amines) is 1. The van der Waals surface area contributed by atoms with Crippen molar-refractivity contribution in [1.82, 2.24) is 4.90 Å². The average molecular weight is 323 g/mol. The summed E-state index contributed by atoms with van der Waals surface area (Å²) in [4.78, 5) is 2.52. The van der Waals surface area contributed by atoms with Crippen molar-refractivity contribution in [3.05, 3.63) is 71.3 Å². The molecule has 24 heavy (non-hydrogen) atoms. The summed E-state index contributed by atoms with van der Waals surface area (Å²) in [5, 5.41) is 0. The lowest BCUT2D eigenvalue weighted by molar-refractivity contribution is -0.229. The highest BCUT2D eigenvalue weighted by Crippen LogP contribution is 2.42. The summed E-state index contributed by atoms with van der Waals surface area (Å²) >= 11 is 0. The maximum Gasteiger partial charge on any atom is 0.162 e. The lowest BCUT2D eigenvalue weighted by atomic mass is 9.80. The van der Waals surface area contributed by atoms with Crippen LogP contribution >= 0.6 is 0 Å². The molecule has 0 aromatic heterocycles. The highest BCUT2D eigenvalue weighted by molar-refractivity contribution is 5.36. The molecular weight excluding hydrogens is 298 g/mol. The first-order chi connectivity index (χ1) is 11.8. The molecule has 2 aromatic rings. The molecule has 0 aliphatic carbocycles. The minimum absolute atomic E-state index is 0.142. The number of ether oxygens (including phenoxy) is 2. The van der Waals surface area contributed by atoms with Gasteiger partial charge in [0.1, 0.15) is 5.60 Å². The van der Waals surface area contributed by atoms with Crippen LogP contribution in [0, 0.1) is 0 Å². The first-order valence-electron chi connectivity index (χ1n) is 8.84. The summed E-state index contributed by atoms with van der Waals surface area (Å²) in [6, 6.07) is 19.4. The van der Waals surface area contributed by atoms with Crippen LogP contribution in [0.3, 0.4) is 0 Å². The van der Waals surface area contributed by atoms with Crippen LogP contribution in [0.1, 0.15) is 29.5 Å². The molecule has 0 amide bonds. The van der Waals surface area contributed by atoms with Gasteiger partial charge in [-0.3, -0.25) is 4.90 Å². The first kappa shape index (κ1) is 15.8. The van der Waals surface area contributed by atoms with Gasteiger partial charge in [0, 0.05) is 26.6 Å². The van der Waals surface area contributed by atoms with Crippen molar-refractivity contribution in [2.75, 3.05) is 20.2 Å². The van der Waals surface area contributed by atoms with Crippen LogP contribution in [-0.4, -0.2) is 31.4 Å². The first-order valence-corrected chi connectivity index (χ1v) is 8.84. The second-order valence-corrected chi connectivity index (χ2v) is 6.94. The fourth-order valence-electron chi connectivity index (χ4n) is 4.21. The van der Waals surface area contributed by atoms with Crippen molar-refractivity contribution < 1.29 is 9.47 Å². The fourth-order valence-corrected chi connectivity index (χ4v) is 4.21. The van der Waals surface area contributed by atoms with Gasteiger partial charge in [-0.15, -0.1) is 0 Å². The summed E-state index contributed by atoms with van der Waals surface area (Å²) in [6.07, 6.45) is 2.91. The van der Waals surface area contributed by atoms with Crippen molar-refractivity contribution in [1.29, 1.82) is 0 Å². The molecule has 3 nitrogen and oxygen atoms in total. The molecule has 4 rings (SSSR count). The van der Waals surface area contributed by atoms with E-state index in [4.69, 9.17) is 9.47 Å². The monoisotopic (exact) mass is 323 g/mol. The third-order valence-electron chi connectivity index (χ3n) is 5.30. The number of nitrogens with zero attached hydrogens (tertiary/aromatic N) is 1. The van der Waals surface area contributed by atoms with E-state index in [1.165, 1.54) is 16.7 Å². The maximum absolute atomic E-state index is 6.49. The summed E-state index contributed by atoms with van der Waals surface area (Å²) < 4.78 is 12.1. The Bertz CT molecular complexity index is 687. The number of hydrogen-bond acceptors (Lipinski definition) is 3. The van der Waals surface area contributed by atoms with E-state index in [1.54, 1.807) is 7.11 Å². The minimum Gasteiger partial charge on any atom is -0.355 e. The molecule has 0 radical (unpaired) electrons. The van der Waals surface area contributed by atoms with Crippen molar-refractivity contribution >= 4 is 0 Å². The van der Waals surface area contributed by atoms with E-state index in [-0.39, 0.29) is 11.9 Å². The highest BCUT2D eigenvalue weighted by atomic mass is 16.7. The number of methoxy groups -OCH3 is 1. The molecule has 2 aliphatic heterocycles. The normalized spacial score (nSPS) is 27.1. The smallest absolute Gasteiger partial charge is 0.162 e. The van der Waals surface area contributed by atoms with Gasteiger partial charge in [-0.1, -0.05) is 54.6 Å². The molecule has 126 valence electrons. The van der Waals surface area contributed by atoms with Gasteiger partial charge in [0.05, 0.1) is 0 Å². The molecule has 2 aromatic carbocycles. The van der Waals surface area contributed by atoms with Crippen LogP contribution in [0.4, 0.5) is 0 Å². The Morgan fingerprint density at radius 3 is 2.75 bits per heavy atom. The zero-order valence-corrected chi connectivity index (χ0v) is 14.3. The molecular formula is C21H25NO2. The van der Waals surface area contributed by atoms with Crippen LogP contribution in [0.25, 0.3) is 0 Å². The number of benzene rings is 2. The quantitative estimate of drug-likeness (QED) is 0.859. The topological polar surface area (TPSA) is 21.7 Å². The largest absolute Gasteiger partial charge is 0.355 e. The van der Waals surface area contributed by atoms with E-state index in [1.807, 2.05) is 0 Å². The molecule has 0 saturated carbocycles. The summed E-state index contributed by atoms with van der Waals surface area (Å²) in [7, 11) is 1.75. The van der Waals surface area contributed by atoms with Crippen LogP contribution in [0.15, 0.2) is 54.6 Å². The lowest BCUT2D eigenvalue weighted by Crippen LogP contribution is -2.52. The van der Waals surface area contributed by atoms with Crippen LogP contribution in [0.2, 0.25) is 0 Å². The Morgan fingerprint density at radius 2 is 1.92 bits per heavy atom. The minimum atomic E-state index is -0.234. The molecule has 1 fully saturated rings. The van der Waals surface area contributed by atoms with Crippen LogP contribution in [0.5, 0.6) is 0 Å². The van der Waals surface area contributed by atoms with Gasteiger partial charge in [0.25, 0.3) is 0 Å². The Kier molecular flexibility index (Phi) is 4.40. The molecule has 1 spiro atoms. The molecule has 0 bridgehead atoms. The molecule has 1 saturated heterocycles. The van der Waals surface area contributed by atoms with E-state index in [9.17, 15) is 0 Å². The predicted molar refractivity (Wildman–Crippen MR) is 94.7 cm³/mol.